The minimum Gasteiger partial charge on any atom is -0.465 e. The molecule has 0 saturated heterocycles. The van der Waals surface area contributed by atoms with E-state index in [0.29, 0.717) is 23.3 Å². The quantitative estimate of drug-likeness (QED) is 0.474. The monoisotopic (exact) mass is 394 g/mol. The van der Waals surface area contributed by atoms with Crippen molar-refractivity contribution in [3.63, 3.8) is 0 Å². The Bertz CT molecular complexity index is 1040. The van der Waals surface area contributed by atoms with E-state index in [2.05, 4.69) is 20.4 Å². The molecule has 0 unspecified atom stereocenters. The van der Waals surface area contributed by atoms with Crippen molar-refractivity contribution in [1.29, 1.82) is 0 Å². The normalized spacial score (nSPS) is 10.6. The lowest BCUT2D eigenvalue weighted by Crippen LogP contribution is -2.26. The van der Waals surface area contributed by atoms with Gasteiger partial charge >= 0.3 is 5.97 Å². The molecule has 3 aromatic rings. The van der Waals surface area contributed by atoms with Crippen LogP contribution in [0.2, 0.25) is 0 Å². The van der Waals surface area contributed by atoms with Crippen molar-refractivity contribution in [2.75, 3.05) is 19.0 Å². The molecule has 3 rings (SSSR count). The average Bonchev–Trinajstić information content (AvgIpc) is 3.14. The van der Waals surface area contributed by atoms with Gasteiger partial charge in [0.2, 0.25) is 5.82 Å². The summed E-state index contributed by atoms with van der Waals surface area (Å²) in [6.45, 7) is 2.59. The fourth-order valence-corrected chi connectivity index (χ4v) is 2.82. The molecule has 150 valence electrons. The number of anilines is 1. The summed E-state index contributed by atoms with van der Waals surface area (Å²) in [5.74, 6) is -1.09. The number of carbonyl (C=O) groups is 3. The van der Waals surface area contributed by atoms with Gasteiger partial charge in [-0.15, -0.1) is 0 Å². The van der Waals surface area contributed by atoms with Gasteiger partial charge in [-0.3, -0.25) is 14.0 Å². The van der Waals surface area contributed by atoms with Crippen molar-refractivity contribution in [1.82, 2.24) is 14.7 Å². The molecule has 0 spiro atoms. The third kappa shape index (κ3) is 4.43. The lowest BCUT2D eigenvalue weighted by molar-refractivity contribution is 0.0600. The highest BCUT2D eigenvalue weighted by Crippen LogP contribution is 2.17. The predicted molar refractivity (Wildman–Crippen MR) is 108 cm³/mol. The fraction of sp³-hybridized carbons (Fsp3) is 0.238. The summed E-state index contributed by atoms with van der Waals surface area (Å²) in [6.07, 6.45) is 3.52. The van der Waals surface area contributed by atoms with E-state index in [1.807, 2.05) is 6.92 Å². The van der Waals surface area contributed by atoms with Crippen molar-refractivity contribution in [3.8, 4) is 0 Å². The number of hydrogen-bond donors (Lipinski definition) is 2. The van der Waals surface area contributed by atoms with Crippen LogP contribution in [0.3, 0.4) is 0 Å². The Kier molecular flexibility index (Phi) is 6.23. The highest BCUT2D eigenvalue weighted by Gasteiger charge is 2.21. The first kappa shape index (κ1) is 20.1. The molecule has 8 heteroatoms. The van der Waals surface area contributed by atoms with Gasteiger partial charge < -0.3 is 15.4 Å². The first-order valence-corrected chi connectivity index (χ1v) is 9.30. The Labute approximate surface area is 167 Å². The molecule has 2 amide bonds. The Morgan fingerprint density at radius 2 is 1.83 bits per heavy atom. The molecular formula is C21H22N4O4. The third-order valence-corrected chi connectivity index (χ3v) is 4.35. The summed E-state index contributed by atoms with van der Waals surface area (Å²) in [4.78, 5) is 41.1. The molecule has 0 aliphatic heterocycles. The molecule has 0 aliphatic rings. The van der Waals surface area contributed by atoms with E-state index in [0.717, 1.165) is 12.8 Å². The van der Waals surface area contributed by atoms with Crippen molar-refractivity contribution >= 4 is 29.0 Å². The van der Waals surface area contributed by atoms with Crippen LogP contribution in [0.15, 0.2) is 48.7 Å². The van der Waals surface area contributed by atoms with E-state index >= 15 is 0 Å². The van der Waals surface area contributed by atoms with Crippen LogP contribution < -0.4 is 10.6 Å². The number of imidazole rings is 1. The highest BCUT2D eigenvalue weighted by atomic mass is 16.5. The molecule has 0 bridgehead atoms. The van der Waals surface area contributed by atoms with Gasteiger partial charge in [0.15, 0.2) is 5.69 Å². The number of fused-ring (bicyclic) bond motifs is 1. The first-order valence-electron chi connectivity index (χ1n) is 9.30. The standard InChI is InChI=1S/C21H22N4O4/c1-3-4-12-22-20(27)18-24-17(16-7-5-6-13-25(16)18)19(26)23-15-10-8-14(9-11-15)21(28)29-2/h5-11,13H,3-4,12H2,1-2H3,(H,22,27)(H,23,26). The second-order valence-corrected chi connectivity index (χ2v) is 6.37. The maximum absolute atomic E-state index is 12.8. The average molecular weight is 394 g/mol. The fourth-order valence-electron chi connectivity index (χ4n) is 2.82. The number of nitrogens with zero attached hydrogens (tertiary/aromatic N) is 2. The maximum atomic E-state index is 12.8. The zero-order chi connectivity index (χ0) is 20.8. The number of carbonyl (C=O) groups excluding carboxylic acids is 3. The van der Waals surface area contributed by atoms with Gasteiger partial charge in [0.05, 0.1) is 18.2 Å². The Hall–Kier alpha value is -3.68. The molecule has 0 radical (unpaired) electrons. The number of methoxy groups -OCH3 is 1. The zero-order valence-electron chi connectivity index (χ0n) is 16.3. The van der Waals surface area contributed by atoms with Crippen LogP contribution in [0.4, 0.5) is 5.69 Å². The molecule has 2 heterocycles. The number of amides is 2. The number of ether oxygens (including phenoxy) is 1. The topological polar surface area (TPSA) is 102 Å². The van der Waals surface area contributed by atoms with Crippen LogP contribution in [0.5, 0.6) is 0 Å². The molecule has 29 heavy (non-hydrogen) atoms. The number of esters is 1. The number of rotatable bonds is 7. The summed E-state index contributed by atoms with van der Waals surface area (Å²) in [7, 11) is 1.30. The number of unbranched alkanes of at least 4 members (excludes halogenated alkanes) is 1. The Balaban J connectivity index is 1.84. The van der Waals surface area contributed by atoms with Crippen molar-refractivity contribution in [2.24, 2.45) is 0 Å². The van der Waals surface area contributed by atoms with Crippen molar-refractivity contribution in [2.45, 2.75) is 19.8 Å². The van der Waals surface area contributed by atoms with Gasteiger partial charge in [0.1, 0.15) is 0 Å². The van der Waals surface area contributed by atoms with Crippen LogP contribution >= 0.6 is 0 Å². The number of pyridine rings is 1. The predicted octanol–water partition coefficient (Wildman–Crippen LogP) is 2.90. The first-order chi connectivity index (χ1) is 14.0. The minimum atomic E-state index is -0.457. The van der Waals surface area contributed by atoms with Crippen molar-refractivity contribution in [3.05, 3.63) is 65.7 Å². The Morgan fingerprint density at radius 3 is 2.52 bits per heavy atom. The third-order valence-electron chi connectivity index (χ3n) is 4.35. The van der Waals surface area contributed by atoms with Gasteiger partial charge in [-0.25, -0.2) is 9.78 Å². The summed E-state index contributed by atoms with van der Waals surface area (Å²) in [6, 6.07) is 11.6. The molecule has 2 N–H and O–H groups in total. The Morgan fingerprint density at radius 1 is 1.07 bits per heavy atom. The second-order valence-electron chi connectivity index (χ2n) is 6.37. The van der Waals surface area contributed by atoms with Gasteiger partial charge in [-0.1, -0.05) is 19.4 Å². The van der Waals surface area contributed by atoms with Gasteiger partial charge in [-0.05, 0) is 42.8 Å². The SMILES string of the molecule is CCCCNC(=O)c1nc(C(=O)Nc2ccc(C(=O)OC)cc2)c2ccccn12. The molecule has 0 atom stereocenters. The maximum Gasteiger partial charge on any atom is 0.337 e. The molecule has 0 fully saturated rings. The second kappa shape index (κ2) is 9.01. The van der Waals surface area contributed by atoms with E-state index in [-0.39, 0.29) is 17.4 Å². The largest absolute Gasteiger partial charge is 0.465 e. The highest BCUT2D eigenvalue weighted by molar-refractivity contribution is 6.09. The summed E-state index contributed by atoms with van der Waals surface area (Å²) >= 11 is 0. The van der Waals surface area contributed by atoms with Gasteiger partial charge in [-0.2, -0.15) is 0 Å². The van der Waals surface area contributed by atoms with Crippen LogP contribution in [0.1, 0.15) is 51.2 Å². The molecule has 8 nitrogen and oxygen atoms in total. The lowest BCUT2D eigenvalue weighted by Gasteiger charge is -2.05. The van der Waals surface area contributed by atoms with Gasteiger partial charge in [0.25, 0.3) is 11.8 Å². The lowest BCUT2D eigenvalue weighted by atomic mass is 10.2. The molecule has 2 aromatic heterocycles. The van der Waals surface area contributed by atoms with E-state index < -0.39 is 11.9 Å². The van der Waals surface area contributed by atoms with E-state index in [4.69, 9.17) is 0 Å². The van der Waals surface area contributed by atoms with Crippen molar-refractivity contribution < 1.29 is 19.1 Å². The number of hydrogen-bond acceptors (Lipinski definition) is 5. The molecular weight excluding hydrogens is 372 g/mol. The minimum absolute atomic E-state index is 0.142. The molecule has 0 saturated carbocycles. The smallest absolute Gasteiger partial charge is 0.337 e. The summed E-state index contributed by atoms with van der Waals surface area (Å²) in [5, 5.41) is 5.56. The number of aromatic nitrogens is 2. The van der Waals surface area contributed by atoms with E-state index in [9.17, 15) is 14.4 Å². The zero-order valence-corrected chi connectivity index (χ0v) is 16.3. The van der Waals surface area contributed by atoms with Crippen LogP contribution in [-0.2, 0) is 4.74 Å². The van der Waals surface area contributed by atoms with Gasteiger partial charge in [0, 0.05) is 18.4 Å². The van der Waals surface area contributed by atoms with Crippen LogP contribution in [0.25, 0.3) is 5.52 Å². The summed E-state index contributed by atoms with van der Waals surface area (Å²) in [5.41, 5.74) is 1.54. The summed E-state index contributed by atoms with van der Waals surface area (Å²) < 4.78 is 6.25. The van der Waals surface area contributed by atoms with Crippen LogP contribution in [0, 0.1) is 0 Å². The molecule has 0 aliphatic carbocycles. The molecule has 1 aromatic carbocycles. The number of benzene rings is 1. The van der Waals surface area contributed by atoms with E-state index in [1.54, 1.807) is 53.1 Å². The number of nitrogens with one attached hydrogen (secondary N) is 2. The van der Waals surface area contributed by atoms with Crippen LogP contribution in [-0.4, -0.2) is 40.8 Å². The van der Waals surface area contributed by atoms with E-state index in [1.165, 1.54) is 7.11 Å².